The van der Waals surface area contributed by atoms with Crippen molar-refractivity contribution < 1.29 is 14.3 Å². The van der Waals surface area contributed by atoms with E-state index >= 15 is 0 Å². The molecule has 2 aromatic heterocycles. The second-order valence-electron chi connectivity index (χ2n) is 10.5. The van der Waals surface area contributed by atoms with E-state index in [0.29, 0.717) is 31.7 Å². The molecule has 2 aliphatic rings. The van der Waals surface area contributed by atoms with E-state index in [9.17, 15) is 9.59 Å². The van der Waals surface area contributed by atoms with E-state index in [1.807, 2.05) is 54.0 Å². The topological polar surface area (TPSA) is 92.6 Å². The van der Waals surface area contributed by atoms with Crippen LogP contribution in [-0.2, 0) is 37.8 Å². The Balaban J connectivity index is 1.25. The highest BCUT2D eigenvalue weighted by Gasteiger charge is 2.31. The molecular weight excluding hydrogens is 492 g/mol. The van der Waals surface area contributed by atoms with Crippen molar-refractivity contribution >= 4 is 11.8 Å². The predicted octanol–water partition coefficient (Wildman–Crippen LogP) is 3.13. The number of hydrogen-bond acceptors (Lipinski definition) is 6. The molecule has 0 fully saturated rings. The molecule has 1 unspecified atom stereocenters. The monoisotopic (exact) mass is 530 g/mol. The summed E-state index contributed by atoms with van der Waals surface area (Å²) in [6, 6.07) is 14.0. The number of aromatic nitrogens is 3. The van der Waals surface area contributed by atoms with Gasteiger partial charge in [0.15, 0.2) is 5.69 Å². The first kappa shape index (κ1) is 26.9. The van der Waals surface area contributed by atoms with Gasteiger partial charge in [0.25, 0.3) is 5.91 Å². The highest BCUT2D eigenvalue weighted by molar-refractivity contribution is 5.94. The number of ether oxygens (including phenoxy) is 1. The molecule has 3 heterocycles. The Morgan fingerprint density at radius 3 is 2.77 bits per heavy atom. The first-order valence-electron chi connectivity index (χ1n) is 13.9. The number of amides is 2. The van der Waals surface area contributed by atoms with Gasteiger partial charge < -0.3 is 15.0 Å². The summed E-state index contributed by atoms with van der Waals surface area (Å²) in [4.78, 5) is 34.7. The molecule has 39 heavy (non-hydrogen) atoms. The third kappa shape index (κ3) is 6.65. The maximum absolute atomic E-state index is 13.1. The lowest BCUT2D eigenvalue weighted by molar-refractivity contribution is -0.132. The van der Waals surface area contributed by atoms with Crippen LogP contribution in [0.3, 0.4) is 0 Å². The number of aryl methyl sites for hydroxylation is 1. The molecule has 0 saturated carbocycles. The first-order valence-corrected chi connectivity index (χ1v) is 13.9. The summed E-state index contributed by atoms with van der Waals surface area (Å²) < 4.78 is 7.81. The normalized spacial score (nSPS) is 19.2. The molecule has 5 rings (SSSR count). The van der Waals surface area contributed by atoms with E-state index in [2.05, 4.69) is 32.4 Å². The van der Waals surface area contributed by atoms with Gasteiger partial charge in [0, 0.05) is 63.6 Å². The van der Waals surface area contributed by atoms with Crippen LogP contribution < -0.4 is 10.1 Å². The molecule has 1 aliphatic heterocycles. The van der Waals surface area contributed by atoms with Gasteiger partial charge in [0.05, 0.1) is 5.69 Å². The SMILES string of the molecule is CN1C(=O)CCCN(Cc2cccc(OCc3ccccn3)c2)CCCNC(=O)c2nn(C)c3c2CC1CC3. The maximum Gasteiger partial charge on any atom is 0.272 e. The Hall–Kier alpha value is -3.72. The van der Waals surface area contributed by atoms with Gasteiger partial charge in [-0.2, -0.15) is 5.10 Å². The van der Waals surface area contributed by atoms with Crippen LogP contribution in [0.1, 0.15) is 58.7 Å². The zero-order valence-corrected chi connectivity index (χ0v) is 22.9. The van der Waals surface area contributed by atoms with Crippen LogP contribution in [0.15, 0.2) is 48.7 Å². The quantitative estimate of drug-likeness (QED) is 0.545. The lowest BCUT2D eigenvalue weighted by atomic mass is 9.90. The number of carbonyl (C=O) groups excluding carboxylic acids is 2. The molecule has 1 N–H and O–H groups in total. The van der Waals surface area contributed by atoms with Crippen LogP contribution in [0, 0.1) is 0 Å². The van der Waals surface area contributed by atoms with Gasteiger partial charge in [-0.05, 0) is 68.5 Å². The lowest BCUT2D eigenvalue weighted by Crippen LogP contribution is -2.41. The fourth-order valence-electron chi connectivity index (χ4n) is 5.61. The number of nitrogens with one attached hydrogen (secondary N) is 1. The predicted molar refractivity (Wildman–Crippen MR) is 148 cm³/mol. The van der Waals surface area contributed by atoms with Crippen molar-refractivity contribution in [1.82, 2.24) is 29.9 Å². The number of fused-ring (bicyclic) bond motifs is 1. The van der Waals surface area contributed by atoms with Crippen molar-refractivity contribution in [2.45, 2.75) is 57.7 Å². The van der Waals surface area contributed by atoms with Gasteiger partial charge in [-0.25, -0.2) is 0 Å². The van der Waals surface area contributed by atoms with E-state index in [0.717, 1.165) is 73.6 Å². The summed E-state index contributed by atoms with van der Waals surface area (Å²) >= 11 is 0. The molecule has 3 aromatic rings. The summed E-state index contributed by atoms with van der Waals surface area (Å²) in [5, 5.41) is 7.64. The minimum Gasteiger partial charge on any atom is -0.487 e. The molecule has 2 bridgehead atoms. The summed E-state index contributed by atoms with van der Waals surface area (Å²) in [5.41, 5.74) is 4.64. The highest BCUT2D eigenvalue weighted by Crippen LogP contribution is 2.27. The third-order valence-corrected chi connectivity index (χ3v) is 7.80. The van der Waals surface area contributed by atoms with Gasteiger partial charge in [0.2, 0.25) is 5.91 Å². The van der Waals surface area contributed by atoms with Crippen LogP contribution in [0.5, 0.6) is 5.75 Å². The minimum atomic E-state index is -0.124. The molecule has 1 aromatic carbocycles. The van der Waals surface area contributed by atoms with Crippen LogP contribution in [0.4, 0.5) is 0 Å². The smallest absolute Gasteiger partial charge is 0.272 e. The van der Waals surface area contributed by atoms with Gasteiger partial charge in [0.1, 0.15) is 12.4 Å². The van der Waals surface area contributed by atoms with Crippen molar-refractivity contribution in [2.24, 2.45) is 7.05 Å². The number of likely N-dealkylation sites (N-methyl/N-ethyl adjacent to an activating group) is 1. The van der Waals surface area contributed by atoms with E-state index in [1.54, 1.807) is 6.20 Å². The second kappa shape index (κ2) is 12.4. The Bertz CT molecular complexity index is 1290. The summed E-state index contributed by atoms with van der Waals surface area (Å²) in [6.07, 6.45) is 6.28. The third-order valence-electron chi connectivity index (χ3n) is 7.80. The van der Waals surface area contributed by atoms with E-state index in [1.165, 1.54) is 0 Å². The molecule has 0 saturated heterocycles. The van der Waals surface area contributed by atoms with Gasteiger partial charge in [-0.1, -0.05) is 18.2 Å². The standard InChI is InChI=1S/C30H38N6O3/c1-34-24-12-13-27-26(19-24)29(33-35(27)2)30(38)32-15-7-17-36(16-6-11-28(34)37)20-22-8-5-10-25(18-22)39-21-23-9-3-4-14-31-23/h3-5,8-10,14,18,24H,6-7,11-13,15-17,19-21H2,1-2H3,(H,32,38). The maximum atomic E-state index is 13.1. The molecule has 1 aliphatic carbocycles. The highest BCUT2D eigenvalue weighted by atomic mass is 16.5. The summed E-state index contributed by atoms with van der Waals surface area (Å²) in [6.45, 7) is 3.37. The average Bonchev–Trinajstić information content (AvgIpc) is 3.29. The molecule has 0 spiro atoms. The van der Waals surface area contributed by atoms with Crippen LogP contribution >= 0.6 is 0 Å². The average molecular weight is 531 g/mol. The molecule has 2 amide bonds. The van der Waals surface area contributed by atoms with Crippen molar-refractivity contribution in [3.05, 3.63) is 76.9 Å². The second-order valence-corrected chi connectivity index (χ2v) is 10.5. The number of benzene rings is 1. The molecular formula is C30H38N6O3. The van der Waals surface area contributed by atoms with Crippen molar-refractivity contribution in [3.8, 4) is 5.75 Å². The summed E-state index contributed by atoms with van der Waals surface area (Å²) in [5.74, 6) is 0.849. The number of nitrogens with zero attached hydrogens (tertiary/aromatic N) is 5. The molecule has 9 nitrogen and oxygen atoms in total. The lowest BCUT2D eigenvalue weighted by Gasteiger charge is -2.32. The fourth-order valence-corrected chi connectivity index (χ4v) is 5.61. The largest absolute Gasteiger partial charge is 0.487 e. The Morgan fingerprint density at radius 1 is 1.05 bits per heavy atom. The van der Waals surface area contributed by atoms with Crippen LogP contribution in [0.25, 0.3) is 0 Å². The van der Waals surface area contributed by atoms with E-state index in [-0.39, 0.29) is 17.9 Å². The van der Waals surface area contributed by atoms with Crippen molar-refractivity contribution in [3.63, 3.8) is 0 Å². The molecule has 0 radical (unpaired) electrons. The Morgan fingerprint density at radius 2 is 1.92 bits per heavy atom. The van der Waals surface area contributed by atoms with Gasteiger partial charge in [-0.15, -0.1) is 0 Å². The minimum absolute atomic E-state index is 0.0933. The zero-order valence-electron chi connectivity index (χ0n) is 22.9. The Labute approximate surface area is 230 Å². The molecule has 206 valence electrons. The number of carbonyl (C=O) groups is 2. The number of pyridine rings is 1. The first-order chi connectivity index (χ1) is 19.0. The van der Waals surface area contributed by atoms with E-state index < -0.39 is 0 Å². The van der Waals surface area contributed by atoms with Crippen molar-refractivity contribution in [2.75, 3.05) is 26.7 Å². The van der Waals surface area contributed by atoms with Crippen LogP contribution in [0.2, 0.25) is 0 Å². The van der Waals surface area contributed by atoms with E-state index in [4.69, 9.17) is 4.74 Å². The number of hydrogen-bond donors (Lipinski definition) is 1. The Kier molecular flexibility index (Phi) is 8.56. The number of rotatable bonds is 5. The van der Waals surface area contributed by atoms with Gasteiger partial charge in [-0.3, -0.25) is 24.2 Å². The van der Waals surface area contributed by atoms with Gasteiger partial charge >= 0.3 is 0 Å². The fraction of sp³-hybridized carbons (Fsp3) is 0.467. The zero-order chi connectivity index (χ0) is 27.2. The molecule has 1 atom stereocenters. The molecule has 9 heteroatoms. The van der Waals surface area contributed by atoms with Crippen LogP contribution in [-0.4, -0.2) is 69.1 Å². The van der Waals surface area contributed by atoms with Crippen molar-refractivity contribution in [1.29, 1.82) is 0 Å². The summed E-state index contributed by atoms with van der Waals surface area (Å²) in [7, 11) is 3.81.